The molecule has 0 amide bonds. The Morgan fingerprint density at radius 3 is 2.93 bits per heavy atom. The van der Waals surface area contributed by atoms with Crippen molar-refractivity contribution in [3.8, 4) is 10.6 Å². The fraction of sp³-hybridized carbons (Fsp3) is 0. The number of anilines is 1. The van der Waals surface area contributed by atoms with Crippen LogP contribution in [0.1, 0.15) is 10.5 Å². The summed E-state index contributed by atoms with van der Waals surface area (Å²) in [7, 11) is 0. The van der Waals surface area contributed by atoms with E-state index >= 15 is 0 Å². The normalized spacial score (nSPS) is 10.3. The van der Waals surface area contributed by atoms with Crippen LogP contribution in [0, 0.1) is 0 Å². The SMILES string of the molecule is Nc1sc(-c2ccoc2)nc1C(=O)O. The summed E-state index contributed by atoms with van der Waals surface area (Å²) in [4.78, 5) is 14.5. The van der Waals surface area contributed by atoms with Crippen LogP contribution in [0.4, 0.5) is 5.00 Å². The van der Waals surface area contributed by atoms with Crippen molar-refractivity contribution in [2.24, 2.45) is 0 Å². The molecule has 2 heterocycles. The molecule has 72 valence electrons. The quantitative estimate of drug-likeness (QED) is 0.787. The molecule has 0 saturated carbocycles. The van der Waals surface area contributed by atoms with E-state index in [2.05, 4.69) is 4.98 Å². The number of furan rings is 1. The van der Waals surface area contributed by atoms with E-state index in [0.29, 0.717) is 5.01 Å². The highest BCUT2D eigenvalue weighted by atomic mass is 32.1. The monoisotopic (exact) mass is 210 g/mol. The lowest BCUT2D eigenvalue weighted by Crippen LogP contribution is -2.00. The smallest absolute Gasteiger partial charge is 0.357 e. The van der Waals surface area contributed by atoms with Crippen LogP contribution in [0.5, 0.6) is 0 Å². The topological polar surface area (TPSA) is 89.4 Å². The van der Waals surface area contributed by atoms with Gasteiger partial charge in [-0.05, 0) is 6.07 Å². The summed E-state index contributed by atoms with van der Waals surface area (Å²) in [6.07, 6.45) is 2.98. The van der Waals surface area contributed by atoms with Crippen LogP contribution in [0.3, 0.4) is 0 Å². The van der Waals surface area contributed by atoms with E-state index in [1.165, 1.54) is 12.5 Å². The van der Waals surface area contributed by atoms with Crippen molar-refractivity contribution >= 4 is 22.3 Å². The average Bonchev–Trinajstić information content (AvgIpc) is 2.70. The van der Waals surface area contributed by atoms with Gasteiger partial charge in [-0.1, -0.05) is 11.3 Å². The van der Waals surface area contributed by atoms with E-state index in [4.69, 9.17) is 15.3 Å². The average molecular weight is 210 g/mol. The minimum atomic E-state index is -1.12. The molecule has 6 heteroatoms. The maximum Gasteiger partial charge on any atom is 0.357 e. The molecule has 0 radical (unpaired) electrons. The van der Waals surface area contributed by atoms with Gasteiger partial charge in [-0.2, -0.15) is 0 Å². The van der Waals surface area contributed by atoms with Crippen LogP contribution in [0.15, 0.2) is 23.0 Å². The number of rotatable bonds is 2. The Labute approximate surface area is 82.8 Å². The van der Waals surface area contributed by atoms with Gasteiger partial charge in [0.15, 0.2) is 5.69 Å². The van der Waals surface area contributed by atoms with Gasteiger partial charge in [-0.3, -0.25) is 0 Å². The number of carbonyl (C=O) groups is 1. The molecule has 0 aliphatic carbocycles. The third kappa shape index (κ3) is 1.35. The van der Waals surface area contributed by atoms with Crippen molar-refractivity contribution in [2.75, 3.05) is 5.73 Å². The van der Waals surface area contributed by atoms with Crippen molar-refractivity contribution in [3.63, 3.8) is 0 Å². The number of aromatic carboxylic acids is 1. The van der Waals surface area contributed by atoms with E-state index < -0.39 is 5.97 Å². The van der Waals surface area contributed by atoms with Gasteiger partial charge in [0.2, 0.25) is 0 Å². The highest BCUT2D eigenvalue weighted by Gasteiger charge is 2.16. The maximum absolute atomic E-state index is 10.6. The Kier molecular flexibility index (Phi) is 1.97. The number of carboxylic acids is 1. The first-order valence-electron chi connectivity index (χ1n) is 3.70. The van der Waals surface area contributed by atoms with E-state index in [1.807, 2.05) is 0 Å². The molecular weight excluding hydrogens is 204 g/mol. The molecule has 5 nitrogen and oxygen atoms in total. The summed E-state index contributed by atoms with van der Waals surface area (Å²) in [6, 6.07) is 1.70. The summed E-state index contributed by atoms with van der Waals surface area (Å²) in [6.45, 7) is 0. The number of thiazole rings is 1. The van der Waals surface area contributed by atoms with Gasteiger partial charge in [0.1, 0.15) is 16.3 Å². The highest BCUT2D eigenvalue weighted by Crippen LogP contribution is 2.29. The number of nitrogen functional groups attached to an aromatic ring is 1. The lowest BCUT2D eigenvalue weighted by Gasteiger charge is -1.85. The number of aromatic nitrogens is 1. The molecule has 0 unspecified atom stereocenters. The minimum Gasteiger partial charge on any atom is -0.476 e. The molecule has 2 rings (SSSR count). The van der Waals surface area contributed by atoms with Gasteiger partial charge >= 0.3 is 5.97 Å². The van der Waals surface area contributed by atoms with Gasteiger partial charge in [-0.25, -0.2) is 9.78 Å². The van der Waals surface area contributed by atoms with Crippen LogP contribution >= 0.6 is 11.3 Å². The van der Waals surface area contributed by atoms with Crippen molar-refractivity contribution < 1.29 is 14.3 Å². The molecule has 0 saturated heterocycles. The molecule has 0 atom stereocenters. The van der Waals surface area contributed by atoms with Gasteiger partial charge in [0, 0.05) is 5.56 Å². The molecule has 0 aliphatic heterocycles. The van der Waals surface area contributed by atoms with Crippen molar-refractivity contribution in [2.45, 2.75) is 0 Å². The Balaban J connectivity index is 2.48. The number of nitrogens with two attached hydrogens (primary N) is 1. The second-order valence-electron chi connectivity index (χ2n) is 2.55. The predicted molar refractivity (Wildman–Crippen MR) is 51.2 cm³/mol. The molecule has 0 bridgehead atoms. The van der Waals surface area contributed by atoms with Crippen LogP contribution in [0.2, 0.25) is 0 Å². The predicted octanol–water partition coefficient (Wildman–Crippen LogP) is 1.68. The Morgan fingerprint density at radius 2 is 2.43 bits per heavy atom. The molecule has 0 fully saturated rings. The Bertz CT molecular complexity index is 461. The fourth-order valence-corrected chi connectivity index (χ4v) is 1.80. The van der Waals surface area contributed by atoms with Gasteiger partial charge in [-0.15, -0.1) is 0 Å². The molecule has 0 aliphatic rings. The van der Waals surface area contributed by atoms with Crippen molar-refractivity contribution in [1.29, 1.82) is 0 Å². The first kappa shape index (κ1) is 8.76. The molecular formula is C8H6N2O3S. The Hall–Kier alpha value is -1.82. The van der Waals surface area contributed by atoms with Gasteiger partial charge < -0.3 is 15.3 Å². The molecule has 0 spiro atoms. The standard InChI is InChI=1S/C8H6N2O3S/c9-6-5(8(11)12)10-7(14-6)4-1-2-13-3-4/h1-3H,9H2,(H,11,12). The van der Waals surface area contributed by atoms with Crippen LogP contribution in [-0.4, -0.2) is 16.1 Å². The largest absolute Gasteiger partial charge is 0.476 e. The minimum absolute atomic E-state index is 0.105. The second-order valence-corrected chi connectivity index (χ2v) is 3.58. The number of hydrogen-bond donors (Lipinski definition) is 2. The van der Waals surface area contributed by atoms with E-state index in [-0.39, 0.29) is 10.7 Å². The lowest BCUT2D eigenvalue weighted by molar-refractivity contribution is 0.0692. The maximum atomic E-state index is 10.6. The fourth-order valence-electron chi connectivity index (χ4n) is 0.995. The molecule has 3 N–H and O–H groups in total. The lowest BCUT2D eigenvalue weighted by atomic mass is 10.3. The zero-order chi connectivity index (χ0) is 10.1. The van der Waals surface area contributed by atoms with E-state index in [1.54, 1.807) is 6.07 Å². The summed E-state index contributed by atoms with van der Waals surface area (Å²) in [5.41, 5.74) is 6.12. The number of carboxylic acid groups (broad SMARTS) is 1. The summed E-state index contributed by atoms with van der Waals surface area (Å²) >= 11 is 1.13. The number of hydrogen-bond acceptors (Lipinski definition) is 5. The van der Waals surface area contributed by atoms with E-state index in [9.17, 15) is 4.79 Å². The van der Waals surface area contributed by atoms with Crippen molar-refractivity contribution in [3.05, 3.63) is 24.3 Å². The van der Waals surface area contributed by atoms with E-state index in [0.717, 1.165) is 16.9 Å². The molecule has 2 aromatic rings. The summed E-state index contributed by atoms with van der Waals surface area (Å²) < 4.78 is 4.86. The third-order valence-corrected chi connectivity index (χ3v) is 2.56. The Morgan fingerprint density at radius 1 is 1.64 bits per heavy atom. The van der Waals surface area contributed by atoms with Gasteiger partial charge in [0.25, 0.3) is 0 Å². The third-order valence-electron chi connectivity index (χ3n) is 1.62. The number of nitrogens with zero attached hydrogens (tertiary/aromatic N) is 1. The molecule has 14 heavy (non-hydrogen) atoms. The summed E-state index contributed by atoms with van der Waals surface area (Å²) in [5, 5.41) is 9.47. The van der Waals surface area contributed by atoms with Crippen molar-refractivity contribution in [1.82, 2.24) is 4.98 Å². The molecule has 0 aromatic carbocycles. The zero-order valence-electron chi connectivity index (χ0n) is 6.93. The zero-order valence-corrected chi connectivity index (χ0v) is 7.75. The second kappa shape index (κ2) is 3.15. The molecule has 2 aromatic heterocycles. The first-order valence-corrected chi connectivity index (χ1v) is 4.52. The van der Waals surface area contributed by atoms with Crippen LogP contribution < -0.4 is 5.73 Å². The van der Waals surface area contributed by atoms with Crippen LogP contribution in [0.25, 0.3) is 10.6 Å². The van der Waals surface area contributed by atoms with Crippen LogP contribution in [-0.2, 0) is 0 Å². The summed E-state index contributed by atoms with van der Waals surface area (Å²) in [5.74, 6) is -1.12. The van der Waals surface area contributed by atoms with Gasteiger partial charge in [0.05, 0.1) is 6.26 Å². The highest BCUT2D eigenvalue weighted by molar-refractivity contribution is 7.19. The first-order chi connectivity index (χ1) is 6.68.